The van der Waals surface area contributed by atoms with Gasteiger partial charge in [-0.15, -0.1) is 0 Å². The second kappa shape index (κ2) is 6.60. The number of H-pyrrole nitrogens is 1. The summed E-state index contributed by atoms with van der Waals surface area (Å²) in [6.07, 6.45) is 4.27. The van der Waals surface area contributed by atoms with Crippen molar-refractivity contribution in [1.29, 1.82) is 0 Å². The molecule has 0 radical (unpaired) electrons. The van der Waals surface area contributed by atoms with Crippen molar-refractivity contribution in [2.75, 3.05) is 6.61 Å². The van der Waals surface area contributed by atoms with Crippen molar-refractivity contribution in [3.63, 3.8) is 0 Å². The first-order valence-corrected chi connectivity index (χ1v) is 5.03. The number of aromatic nitrogens is 2. The lowest BCUT2D eigenvalue weighted by Crippen LogP contribution is -2.08. The molecule has 0 saturated heterocycles. The number of carboxylic acid groups (broad SMARTS) is 1. The minimum Gasteiger partial charge on any atom is -0.481 e. The van der Waals surface area contributed by atoms with Gasteiger partial charge >= 0.3 is 11.9 Å². The van der Waals surface area contributed by atoms with Crippen LogP contribution in [0, 0.1) is 0 Å². The van der Waals surface area contributed by atoms with Crippen molar-refractivity contribution in [2.45, 2.75) is 25.7 Å². The average molecular weight is 226 g/mol. The van der Waals surface area contributed by atoms with E-state index in [1.54, 1.807) is 12.5 Å². The number of nitrogens with one attached hydrogen (secondary N) is 1. The van der Waals surface area contributed by atoms with Crippen molar-refractivity contribution >= 4 is 11.9 Å². The van der Waals surface area contributed by atoms with Crippen LogP contribution in [0.4, 0.5) is 0 Å². The van der Waals surface area contributed by atoms with E-state index >= 15 is 0 Å². The minimum absolute atomic E-state index is 0.00432. The maximum atomic E-state index is 11.1. The summed E-state index contributed by atoms with van der Waals surface area (Å²) in [6.45, 7) is 0.286. The highest BCUT2D eigenvalue weighted by Gasteiger charge is 2.05. The lowest BCUT2D eigenvalue weighted by Gasteiger charge is -2.02. The van der Waals surface area contributed by atoms with Gasteiger partial charge in [-0.05, 0) is 6.42 Å². The lowest BCUT2D eigenvalue weighted by molar-refractivity contribution is -0.144. The molecule has 0 aromatic carbocycles. The molecule has 1 heterocycles. The fraction of sp³-hybridized carbons (Fsp3) is 0.500. The second-order valence-corrected chi connectivity index (χ2v) is 3.29. The molecular weight excluding hydrogens is 212 g/mol. The average Bonchev–Trinajstić information content (AvgIpc) is 2.70. The summed E-state index contributed by atoms with van der Waals surface area (Å²) in [4.78, 5) is 28.0. The Bertz CT molecular complexity index is 335. The monoisotopic (exact) mass is 226 g/mol. The van der Waals surface area contributed by atoms with Crippen molar-refractivity contribution < 1.29 is 19.4 Å². The Balaban J connectivity index is 2.04. The highest BCUT2D eigenvalue weighted by molar-refractivity contribution is 5.71. The van der Waals surface area contributed by atoms with Crippen LogP contribution in [0.15, 0.2) is 12.5 Å². The molecule has 0 unspecified atom stereocenters. The molecule has 1 rings (SSSR count). The Kier molecular flexibility index (Phi) is 5.04. The van der Waals surface area contributed by atoms with Crippen LogP contribution >= 0.6 is 0 Å². The number of ether oxygens (including phenoxy) is 1. The lowest BCUT2D eigenvalue weighted by atomic mass is 10.2. The molecule has 0 aliphatic rings. The van der Waals surface area contributed by atoms with Crippen molar-refractivity contribution in [2.24, 2.45) is 0 Å². The number of aromatic amines is 1. The number of carbonyl (C=O) groups is 2. The molecule has 0 saturated carbocycles. The van der Waals surface area contributed by atoms with Gasteiger partial charge in [-0.3, -0.25) is 9.59 Å². The van der Waals surface area contributed by atoms with Crippen LogP contribution in [-0.2, 0) is 20.7 Å². The number of esters is 1. The molecule has 0 amide bonds. The molecule has 0 bridgehead atoms. The summed E-state index contributed by atoms with van der Waals surface area (Å²) in [5, 5.41) is 8.36. The largest absolute Gasteiger partial charge is 0.481 e. The highest BCUT2D eigenvalue weighted by Crippen LogP contribution is 1.99. The maximum Gasteiger partial charge on any atom is 0.305 e. The molecule has 0 aliphatic carbocycles. The molecule has 88 valence electrons. The van der Waals surface area contributed by atoms with Crippen LogP contribution in [0.5, 0.6) is 0 Å². The van der Waals surface area contributed by atoms with Crippen LogP contribution in [0.3, 0.4) is 0 Å². The fourth-order valence-corrected chi connectivity index (χ4v) is 1.15. The SMILES string of the molecule is O=C(O)CCCC(=O)OCCc1cnc[nH]1. The number of aliphatic carboxylic acids is 1. The van der Waals surface area contributed by atoms with E-state index in [1.807, 2.05) is 0 Å². The summed E-state index contributed by atoms with van der Waals surface area (Å²) < 4.78 is 4.92. The maximum absolute atomic E-state index is 11.1. The standard InChI is InChI=1S/C10H14N2O4/c13-9(14)2-1-3-10(15)16-5-4-8-6-11-7-12-8/h6-7H,1-5H2,(H,11,12)(H,13,14). The van der Waals surface area contributed by atoms with Gasteiger partial charge in [-0.25, -0.2) is 4.98 Å². The van der Waals surface area contributed by atoms with Gasteiger partial charge in [0.2, 0.25) is 0 Å². The molecular formula is C10H14N2O4. The number of hydrogen-bond acceptors (Lipinski definition) is 4. The van der Waals surface area contributed by atoms with E-state index in [4.69, 9.17) is 9.84 Å². The van der Waals surface area contributed by atoms with Gasteiger partial charge in [0.1, 0.15) is 0 Å². The predicted molar refractivity (Wildman–Crippen MR) is 54.7 cm³/mol. The zero-order chi connectivity index (χ0) is 11.8. The van der Waals surface area contributed by atoms with Gasteiger partial charge in [-0.1, -0.05) is 0 Å². The van der Waals surface area contributed by atoms with Crippen LogP contribution < -0.4 is 0 Å². The van der Waals surface area contributed by atoms with Gasteiger partial charge < -0.3 is 14.8 Å². The first-order chi connectivity index (χ1) is 7.68. The van der Waals surface area contributed by atoms with E-state index in [-0.39, 0.29) is 25.4 Å². The third-order valence-corrected chi connectivity index (χ3v) is 1.96. The Labute approximate surface area is 92.6 Å². The number of carbonyl (C=O) groups excluding carboxylic acids is 1. The van der Waals surface area contributed by atoms with Crippen LogP contribution in [0.25, 0.3) is 0 Å². The molecule has 16 heavy (non-hydrogen) atoms. The molecule has 6 nitrogen and oxygen atoms in total. The Morgan fingerprint density at radius 2 is 2.25 bits per heavy atom. The van der Waals surface area contributed by atoms with E-state index < -0.39 is 5.97 Å². The number of hydrogen-bond donors (Lipinski definition) is 2. The van der Waals surface area contributed by atoms with Gasteiger partial charge in [-0.2, -0.15) is 0 Å². The van der Waals surface area contributed by atoms with Crippen molar-refractivity contribution in [1.82, 2.24) is 9.97 Å². The number of imidazole rings is 1. The summed E-state index contributed by atoms with van der Waals surface area (Å²) in [6, 6.07) is 0. The minimum atomic E-state index is -0.898. The summed E-state index contributed by atoms with van der Waals surface area (Å²) in [7, 11) is 0. The van der Waals surface area contributed by atoms with E-state index in [0.717, 1.165) is 5.69 Å². The van der Waals surface area contributed by atoms with Crippen molar-refractivity contribution in [3.8, 4) is 0 Å². The molecule has 0 fully saturated rings. The van der Waals surface area contributed by atoms with E-state index in [2.05, 4.69) is 9.97 Å². The number of rotatable bonds is 7. The second-order valence-electron chi connectivity index (χ2n) is 3.29. The zero-order valence-corrected chi connectivity index (χ0v) is 8.81. The van der Waals surface area contributed by atoms with E-state index in [9.17, 15) is 9.59 Å². The summed E-state index contributed by atoms with van der Waals surface area (Å²) in [5.41, 5.74) is 0.901. The van der Waals surface area contributed by atoms with Gasteiger partial charge in [0.15, 0.2) is 0 Å². The van der Waals surface area contributed by atoms with Crippen LogP contribution in [0.2, 0.25) is 0 Å². The first kappa shape index (κ1) is 12.2. The van der Waals surface area contributed by atoms with Crippen molar-refractivity contribution in [3.05, 3.63) is 18.2 Å². The Morgan fingerprint density at radius 1 is 1.44 bits per heavy atom. The molecule has 0 aliphatic heterocycles. The molecule has 2 N–H and O–H groups in total. The van der Waals surface area contributed by atoms with Gasteiger partial charge in [0, 0.05) is 31.2 Å². The topological polar surface area (TPSA) is 92.3 Å². The van der Waals surface area contributed by atoms with Crippen LogP contribution in [-0.4, -0.2) is 33.6 Å². The third-order valence-electron chi connectivity index (χ3n) is 1.96. The first-order valence-electron chi connectivity index (χ1n) is 5.03. The highest BCUT2D eigenvalue weighted by atomic mass is 16.5. The predicted octanol–water partition coefficient (Wildman–Crippen LogP) is 0.750. The molecule has 0 atom stereocenters. The van der Waals surface area contributed by atoms with Gasteiger partial charge in [0.25, 0.3) is 0 Å². The number of carboxylic acids is 1. The zero-order valence-electron chi connectivity index (χ0n) is 8.81. The molecule has 6 heteroatoms. The molecule has 1 aromatic heterocycles. The molecule has 0 spiro atoms. The van der Waals surface area contributed by atoms with Gasteiger partial charge in [0.05, 0.1) is 12.9 Å². The quantitative estimate of drug-likeness (QED) is 0.669. The third kappa shape index (κ3) is 5.14. The van der Waals surface area contributed by atoms with Crippen LogP contribution in [0.1, 0.15) is 25.0 Å². The fourth-order valence-electron chi connectivity index (χ4n) is 1.15. The summed E-state index contributed by atoms with van der Waals surface area (Å²) >= 11 is 0. The summed E-state index contributed by atoms with van der Waals surface area (Å²) in [5.74, 6) is -1.26. The number of nitrogens with zero attached hydrogens (tertiary/aromatic N) is 1. The van der Waals surface area contributed by atoms with E-state index in [0.29, 0.717) is 12.8 Å². The Hall–Kier alpha value is -1.85. The smallest absolute Gasteiger partial charge is 0.305 e. The Morgan fingerprint density at radius 3 is 2.88 bits per heavy atom. The van der Waals surface area contributed by atoms with E-state index in [1.165, 1.54) is 0 Å². The molecule has 1 aromatic rings. The normalized spacial score (nSPS) is 10.0.